The zero-order chi connectivity index (χ0) is 26.4. The van der Waals surface area contributed by atoms with Crippen LogP contribution in [0.5, 0.6) is 5.75 Å². The largest absolute Gasteiger partial charge is 0.496 e. The lowest BCUT2D eigenvalue weighted by molar-refractivity contribution is -0.251. The summed E-state index contributed by atoms with van der Waals surface area (Å²) in [6.07, 6.45) is -0.942. The molecular weight excluding hydrogens is 487 g/mol. The van der Waals surface area contributed by atoms with Gasteiger partial charge in [-0.05, 0) is 49.1 Å². The van der Waals surface area contributed by atoms with Crippen molar-refractivity contribution in [2.45, 2.75) is 82.0 Å². The maximum Gasteiger partial charge on any atom is 0.419 e. The molecule has 2 aromatic rings. The third-order valence-corrected chi connectivity index (χ3v) is 8.68. The van der Waals surface area contributed by atoms with Gasteiger partial charge in [-0.2, -0.15) is 13.2 Å². The van der Waals surface area contributed by atoms with E-state index in [0.717, 1.165) is 36.6 Å². The van der Waals surface area contributed by atoms with Gasteiger partial charge in [0.05, 0.1) is 24.5 Å². The quantitative estimate of drug-likeness (QED) is 0.579. The minimum absolute atomic E-state index is 0.0846. The van der Waals surface area contributed by atoms with E-state index >= 15 is 0 Å². The Labute approximate surface area is 213 Å². The Kier molecular flexibility index (Phi) is 5.53. The zero-order valence-electron chi connectivity index (χ0n) is 21.2. The molecule has 1 saturated carbocycles. The highest BCUT2D eigenvalue weighted by atomic mass is 19.4. The van der Waals surface area contributed by atoms with Crippen molar-refractivity contribution >= 4 is 0 Å². The minimum atomic E-state index is -4.62. The van der Waals surface area contributed by atoms with Crippen molar-refractivity contribution in [1.82, 2.24) is 4.98 Å². The number of ether oxygens (including phenoxy) is 3. The van der Waals surface area contributed by atoms with Gasteiger partial charge < -0.3 is 24.4 Å². The molecule has 37 heavy (non-hydrogen) atoms. The number of alkyl halides is 3. The first-order valence-electron chi connectivity index (χ1n) is 12.9. The molecule has 1 saturated heterocycles. The van der Waals surface area contributed by atoms with Crippen molar-refractivity contribution in [1.29, 1.82) is 0 Å². The van der Waals surface area contributed by atoms with Crippen molar-refractivity contribution in [3.63, 3.8) is 0 Å². The number of hydrogen-bond acceptors (Lipinski definition) is 6. The maximum atomic E-state index is 13.6. The molecule has 6 rings (SSSR count). The Hall–Kier alpha value is -2.20. The number of fused-ring (bicyclic) bond motifs is 4. The van der Waals surface area contributed by atoms with E-state index in [2.05, 4.69) is 0 Å². The average molecular weight is 520 g/mol. The van der Waals surface area contributed by atoms with E-state index in [4.69, 9.17) is 19.2 Å². The molecule has 1 unspecified atom stereocenters. The number of halogens is 3. The summed E-state index contributed by atoms with van der Waals surface area (Å²) in [6.45, 7) is 4.76. The standard InChI is InChI=1S/C28H32F3NO5/c1-15(2)24-23-22(21-18(32-24)13-25(6-7-25)14-19(21)33)26(8-10-36-11-9-26)37-27(23,34)16-4-5-17(28(29,30)31)20(12-16)35-3/h4-5,12,15,19,33-34H,6-11,13-14H2,1-3H3/t19-,27?/m0/s1. The Bertz CT molecular complexity index is 1250. The van der Waals surface area contributed by atoms with E-state index in [1.165, 1.54) is 19.2 Å². The Morgan fingerprint density at radius 1 is 1.11 bits per heavy atom. The number of rotatable bonds is 3. The Balaban J connectivity index is 1.62. The van der Waals surface area contributed by atoms with Gasteiger partial charge in [0, 0.05) is 54.0 Å². The highest BCUT2D eigenvalue weighted by Gasteiger charge is 2.60. The summed E-state index contributed by atoms with van der Waals surface area (Å²) in [5.74, 6) is -2.57. The number of nitrogens with zero attached hydrogens (tertiary/aromatic N) is 1. The van der Waals surface area contributed by atoms with Gasteiger partial charge in [0.15, 0.2) is 0 Å². The summed E-state index contributed by atoms with van der Waals surface area (Å²) in [7, 11) is 1.17. The van der Waals surface area contributed by atoms with Crippen LogP contribution in [0, 0.1) is 5.41 Å². The first-order chi connectivity index (χ1) is 17.4. The van der Waals surface area contributed by atoms with Gasteiger partial charge in [-0.25, -0.2) is 0 Å². The van der Waals surface area contributed by atoms with Gasteiger partial charge in [-0.3, -0.25) is 4.98 Å². The molecule has 0 bridgehead atoms. The first kappa shape index (κ1) is 25.1. The molecule has 1 aromatic heterocycles. The third kappa shape index (κ3) is 3.72. The van der Waals surface area contributed by atoms with Crippen LogP contribution in [0.2, 0.25) is 0 Å². The molecule has 4 aliphatic rings. The van der Waals surface area contributed by atoms with Crippen LogP contribution in [0.4, 0.5) is 13.2 Å². The maximum absolute atomic E-state index is 13.6. The Morgan fingerprint density at radius 3 is 2.41 bits per heavy atom. The van der Waals surface area contributed by atoms with Crippen LogP contribution in [0.1, 0.15) is 97.2 Å². The molecule has 2 N–H and O–H groups in total. The van der Waals surface area contributed by atoms with Crippen LogP contribution >= 0.6 is 0 Å². The predicted molar refractivity (Wildman–Crippen MR) is 127 cm³/mol. The number of benzene rings is 1. The fraction of sp³-hybridized carbons (Fsp3) is 0.607. The van der Waals surface area contributed by atoms with Crippen LogP contribution in [0.15, 0.2) is 18.2 Å². The van der Waals surface area contributed by atoms with Crippen LogP contribution in [-0.2, 0) is 33.5 Å². The van der Waals surface area contributed by atoms with Gasteiger partial charge >= 0.3 is 6.18 Å². The lowest BCUT2D eigenvalue weighted by Crippen LogP contribution is -2.38. The topological polar surface area (TPSA) is 81.0 Å². The molecule has 2 fully saturated rings. The van der Waals surface area contributed by atoms with E-state index in [9.17, 15) is 23.4 Å². The third-order valence-electron chi connectivity index (χ3n) is 8.68. The van der Waals surface area contributed by atoms with Gasteiger partial charge in [0.2, 0.25) is 5.79 Å². The second-order valence-corrected chi connectivity index (χ2v) is 11.4. The molecule has 2 aliphatic carbocycles. The number of pyridine rings is 1. The highest BCUT2D eigenvalue weighted by molar-refractivity contribution is 5.57. The van der Waals surface area contributed by atoms with Crippen LogP contribution in [0.3, 0.4) is 0 Å². The van der Waals surface area contributed by atoms with Crippen molar-refractivity contribution < 1.29 is 37.6 Å². The number of methoxy groups -OCH3 is 1. The molecule has 2 atom stereocenters. The molecule has 0 radical (unpaired) electrons. The zero-order valence-corrected chi connectivity index (χ0v) is 21.2. The molecule has 2 aliphatic heterocycles. The SMILES string of the molecule is COc1cc(C2(O)OC3(CCOCC3)c3c4c(nc(C(C)C)c32)CC2(CC2)C[C@@H]4O)ccc1C(F)(F)F. The second-order valence-electron chi connectivity index (χ2n) is 11.4. The van der Waals surface area contributed by atoms with E-state index in [0.29, 0.717) is 49.3 Å². The number of aliphatic hydroxyl groups excluding tert-OH is 1. The summed E-state index contributed by atoms with van der Waals surface area (Å²) in [5, 5.41) is 23.8. The lowest BCUT2D eigenvalue weighted by atomic mass is 9.73. The summed E-state index contributed by atoms with van der Waals surface area (Å²) in [5.41, 5.74) is 1.73. The molecule has 1 aromatic carbocycles. The predicted octanol–water partition coefficient (Wildman–Crippen LogP) is 5.22. The van der Waals surface area contributed by atoms with E-state index in [1.54, 1.807) is 0 Å². The summed E-state index contributed by atoms with van der Waals surface area (Å²) >= 11 is 0. The minimum Gasteiger partial charge on any atom is -0.496 e. The molecule has 0 amide bonds. The number of hydrogen-bond donors (Lipinski definition) is 2. The first-order valence-corrected chi connectivity index (χ1v) is 12.9. The monoisotopic (exact) mass is 519 g/mol. The van der Waals surface area contributed by atoms with Gasteiger partial charge in [0.25, 0.3) is 0 Å². The fourth-order valence-corrected chi connectivity index (χ4v) is 6.67. The second kappa shape index (κ2) is 8.15. The van der Waals surface area contributed by atoms with Crippen molar-refractivity contribution in [3.05, 3.63) is 57.4 Å². The molecule has 200 valence electrons. The summed E-state index contributed by atoms with van der Waals surface area (Å²) in [6, 6.07) is 3.35. The van der Waals surface area contributed by atoms with Crippen LogP contribution in [-0.4, -0.2) is 35.5 Å². The van der Waals surface area contributed by atoms with Crippen LogP contribution in [0.25, 0.3) is 0 Å². The molecule has 3 heterocycles. The fourth-order valence-electron chi connectivity index (χ4n) is 6.67. The molecule has 6 nitrogen and oxygen atoms in total. The normalized spacial score (nSPS) is 27.4. The van der Waals surface area contributed by atoms with Crippen molar-refractivity contribution in [2.24, 2.45) is 5.41 Å². The number of aromatic nitrogens is 1. The number of aliphatic hydroxyl groups is 2. The smallest absolute Gasteiger partial charge is 0.419 e. The average Bonchev–Trinajstić information content (AvgIpc) is 3.53. The van der Waals surface area contributed by atoms with Gasteiger partial charge in [0.1, 0.15) is 11.4 Å². The molecular formula is C28H32F3NO5. The molecule has 9 heteroatoms. The van der Waals surface area contributed by atoms with Gasteiger partial charge in [-0.1, -0.05) is 19.9 Å². The van der Waals surface area contributed by atoms with Crippen LogP contribution < -0.4 is 4.74 Å². The van der Waals surface area contributed by atoms with E-state index < -0.39 is 35.0 Å². The summed E-state index contributed by atoms with van der Waals surface area (Å²) < 4.78 is 58.2. The highest BCUT2D eigenvalue weighted by Crippen LogP contribution is 2.63. The molecule has 2 spiro atoms. The van der Waals surface area contributed by atoms with E-state index in [-0.39, 0.29) is 16.9 Å². The lowest BCUT2D eigenvalue weighted by Gasteiger charge is -2.38. The van der Waals surface area contributed by atoms with E-state index in [1.807, 2.05) is 13.8 Å². The van der Waals surface area contributed by atoms with Gasteiger partial charge in [-0.15, -0.1) is 0 Å². The van der Waals surface area contributed by atoms with Crippen molar-refractivity contribution in [3.8, 4) is 5.75 Å². The van der Waals surface area contributed by atoms with Crippen molar-refractivity contribution in [2.75, 3.05) is 20.3 Å². The summed E-state index contributed by atoms with van der Waals surface area (Å²) in [4.78, 5) is 5.03. The Morgan fingerprint density at radius 2 is 1.81 bits per heavy atom.